The Morgan fingerprint density at radius 2 is 2.19 bits per heavy atom. The number of halogens is 1. The predicted molar refractivity (Wildman–Crippen MR) is 87.0 cm³/mol. The molecule has 0 bridgehead atoms. The molecular weight excluding hydrogens is 334 g/mol. The van der Waals surface area contributed by atoms with Gasteiger partial charge in [0.05, 0.1) is 6.20 Å². The number of ether oxygens (including phenoxy) is 1. The lowest BCUT2D eigenvalue weighted by molar-refractivity contribution is 0.197. The summed E-state index contributed by atoms with van der Waals surface area (Å²) in [7, 11) is 1.69. The lowest BCUT2D eigenvalue weighted by atomic mass is 10.2. The summed E-state index contributed by atoms with van der Waals surface area (Å²) < 4.78 is 6.03. The fraction of sp³-hybridized carbons (Fsp3) is 0.357. The maximum Gasteiger partial charge on any atom is 0.249 e. The normalized spacial score (nSPS) is 10.4. The third-order valence-electron chi connectivity index (χ3n) is 2.82. The summed E-state index contributed by atoms with van der Waals surface area (Å²) >= 11 is 3.50. The summed E-state index contributed by atoms with van der Waals surface area (Å²) in [6, 6.07) is 5.98. The van der Waals surface area contributed by atoms with Gasteiger partial charge < -0.3 is 15.4 Å². The van der Waals surface area contributed by atoms with E-state index in [1.165, 1.54) is 5.56 Å². The van der Waals surface area contributed by atoms with E-state index in [0.717, 1.165) is 23.1 Å². The second-order valence-corrected chi connectivity index (χ2v) is 5.38. The first-order valence-electron chi connectivity index (χ1n) is 6.65. The van der Waals surface area contributed by atoms with E-state index < -0.39 is 0 Å². The van der Waals surface area contributed by atoms with Gasteiger partial charge in [0.15, 0.2) is 5.82 Å². The van der Waals surface area contributed by atoms with Crippen molar-refractivity contribution in [2.24, 2.45) is 0 Å². The SMILES string of the molecule is COCCCNc1cnnc(Nc2ccc(C)c(Br)c2)n1. The first-order valence-corrected chi connectivity index (χ1v) is 7.44. The molecule has 0 fully saturated rings. The van der Waals surface area contributed by atoms with Crippen molar-refractivity contribution in [1.29, 1.82) is 0 Å². The van der Waals surface area contributed by atoms with Crippen molar-refractivity contribution in [3.63, 3.8) is 0 Å². The number of benzene rings is 1. The van der Waals surface area contributed by atoms with E-state index in [0.29, 0.717) is 18.4 Å². The van der Waals surface area contributed by atoms with Crippen LogP contribution in [0.3, 0.4) is 0 Å². The quantitative estimate of drug-likeness (QED) is 0.746. The summed E-state index contributed by atoms with van der Waals surface area (Å²) in [5, 5.41) is 14.2. The number of nitrogens with zero attached hydrogens (tertiary/aromatic N) is 3. The Hall–Kier alpha value is -1.73. The Kier molecular flexibility index (Phi) is 5.89. The Balaban J connectivity index is 1.98. The molecule has 0 unspecified atom stereocenters. The van der Waals surface area contributed by atoms with Crippen LogP contribution in [-0.2, 0) is 4.74 Å². The molecule has 6 nitrogen and oxygen atoms in total. The molecule has 0 atom stereocenters. The third kappa shape index (κ3) is 4.95. The Labute approximate surface area is 132 Å². The lowest BCUT2D eigenvalue weighted by Crippen LogP contribution is -2.08. The van der Waals surface area contributed by atoms with Gasteiger partial charge in [-0.3, -0.25) is 0 Å². The molecule has 0 saturated heterocycles. The van der Waals surface area contributed by atoms with Crippen molar-refractivity contribution in [2.45, 2.75) is 13.3 Å². The highest BCUT2D eigenvalue weighted by molar-refractivity contribution is 9.10. The number of anilines is 3. The molecular formula is C14H18BrN5O. The van der Waals surface area contributed by atoms with E-state index in [1.807, 2.05) is 25.1 Å². The van der Waals surface area contributed by atoms with Gasteiger partial charge in [-0.05, 0) is 31.0 Å². The molecule has 0 aliphatic heterocycles. The van der Waals surface area contributed by atoms with Crippen LogP contribution in [0.15, 0.2) is 28.9 Å². The van der Waals surface area contributed by atoms with E-state index in [2.05, 4.69) is 41.7 Å². The van der Waals surface area contributed by atoms with Gasteiger partial charge in [0, 0.05) is 30.4 Å². The molecule has 2 N–H and O–H groups in total. The number of nitrogens with one attached hydrogen (secondary N) is 2. The van der Waals surface area contributed by atoms with Crippen LogP contribution < -0.4 is 10.6 Å². The number of aryl methyl sites for hydroxylation is 1. The first kappa shape index (κ1) is 15.7. The minimum Gasteiger partial charge on any atom is -0.385 e. The summed E-state index contributed by atoms with van der Waals surface area (Å²) in [4.78, 5) is 4.37. The number of hydrogen-bond acceptors (Lipinski definition) is 6. The van der Waals surface area contributed by atoms with Crippen LogP contribution in [-0.4, -0.2) is 35.4 Å². The zero-order valence-electron chi connectivity index (χ0n) is 12.1. The van der Waals surface area contributed by atoms with E-state index in [1.54, 1.807) is 13.3 Å². The largest absolute Gasteiger partial charge is 0.385 e. The van der Waals surface area contributed by atoms with Gasteiger partial charge in [-0.15, -0.1) is 5.10 Å². The molecule has 21 heavy (non-hydrogen) atoms. The fourth-order valence-electron chi connectivity index (χ4n) is 1.67. The number of aromatic nitrogens is 3. The van der Waals surface area contributed by atoms with Crippen molar-refractivity contribution < 1.29 is 4.74 Å². The Morgan fingerprint density at radius 3 is 2.95 bits per heavy atom. The van der Waals surface area contributed by atoms with Gasteiger partial charge in [0.1, 0.15) is 0 Å². The van der Waals surface area contributed by atoms with Gasteiger partial charge in [-0.25, -0.2) is 0 Å². The monoisotopic (exact) mass is 351 g/mol. The molecule has 1 aromatic carbocycles. The Bertz CT molecular complexity index is 593. The van der Waals surface area contributed by atoms with Crippen LogP contribution in [0, 0.1) is 6.92 Å². The van der Waals surface area contributed by atoms with E-state index >= 15 is 0 Å². The highest BCUT2D eigenvalue weighted by Crippen LogP contribution is 2.22. The van der Waals surface area contributed by atoms with Crippen molar-refractivity contribution in [2.75, 3.05) is 30.9 Å². The molecule has 112 valence electrons. The average molecular weight is 352 g/mol. The van der Waals surface area contributed by atoms with E-state index in [4.69, 9.17) is 4.74 Å². The standard InChI is InChI=1S/C14H18BrN5O/c1-10-4-5-11(8-12(10)15)18-14-19-13(9-17-20-14)16-6-3-7-21-2/h4-5,8-9H,3,6-7H2,1-2H3,(H2,16,18,19,20). The highest BCUT2D eigenvalue weighted by Gasteiger charge is 2.03. The lowest BCUT2D eigenvalue weighted by Gasteiger charge is -2.08. The fourth-order valence-corrected chi connectivity index (χ4v) is 2.05. The molecule has 0 aliphatic rings. The molecule has 1 aromatic heterocycles. The second-order valence-electron chi connectivity index (χ2n) is 4.53. The summed E-state index contributed by atoms with van der Waals surface area (Å²) in [5.74, 6) is 1.15. The molecule has 0 saturated carbocycles. The summed E-state index contributed by atoms with van der Waals surface area (Å²) in [5.41, 5.74) is 2.08. The van der Waals surface area contributed by atoms with Gasteiger partial charge in [-0.1, -0.05) is 22.0 Å². The molecule has 2 aromatic rings. The van der Waals surface area contributed by atoms with Gasteiger partial charge in [-0.2, -0.15) is 10.1 Å². The van der Waals surface area contributed by atoms with Crippen LogP contribution in [0.4, 0.5) is 17.5 Å². The smallest absolute Gasteiger partial charge is 0.249 e. The molecule has 2 rings (SSSR count). The highest BCUT2D eigenvalue weighted by atomic mass is 79.9. The molecule has 0 amide bonds. The van der Waals surface area contributed by atoms with E-state index in [-0.39, 0.29) is 0 Å². The summed E-state index contributed by atoms with van der Waals surface area (Å²) in [6.07, 6.45) is 2.51. The van der Waals surface area contributed by atoms with Gasteiger partial charge in [0.25, 0.3) is 0 Å². The van der Waals surface area contributed by atoms with Crippen molar-refractivity contribution in [3.05, 3.63) is 34.4 Å². The zero-order chi connectivity index (χ0) is 15.1. The van der Waals surface area contributed by atoms with Crippen molar-refractivity contribution in [1.82, 2.24) is 15.2 Å². The van der Waals surface area contributed by atoms with Crippen LogP contribution in [0.25, 0.3) is 0 Å². The average Bonchev–Trinajstić information content (AvgIpc) is 2.48. The molecule has 0 radical (unpaired) electrons. The minimum atomic E-state index is 0.461. The second kappa shape index (κ2) is 7.90. The van der Waals surface area contributed by atoms with Crippen LogP contribution in [0.1, 0.15) is 12.0 Å². The zero-order valence-corrected chi connectivity index (χ0v) is 13.6. The number of hydrogen-bond donors (Lipinski definition) is 2. The summed E-state index contributed by atoms with van der Waals surface area (Å²) in [6.45, 7) is 3.53. The topological polar surface area (TPSA) is 72.0 Å². The van der Waals surface area contributed by atoms with Crippen LogP contribution >= 0.6 is 15.9 Å². The molecule has 0 spiro atoms. The van der Waals surface area contributed by atoms with Gasteiger partial charge in [0.2, 0.25) is 5.95 Å². The molecule has 0 aliphatic carbocycles. The van der Waals surface area contributed by atoms with Crippen LogP contribution in [0.5, 0.6) is 0 Å². The maximum atomic E-state index is 5.00. The van der Waals surface area contributed by atoms with Crippen LogP contribution in [0.2, 0.25) is 0 Å². The van der Waals surface area contributed by atoms with Crippen molar-refractivity contribution in [3.8, 4) is 0 Å². The Morgan fingerprint density at radius 1 is 1.33 bits per heavy atom. The maximum absolute atomic E-state index is 5.00. The molecule has 7 heteroatoms. The van der Waals surface area contributed by atoms with Gasteiger partial charge >= 0.3 is 0 Å². The number of methoxy groups -OCH3 is 1. The predicted octanol–water partition coefficient (Wildman–Crippen LogP) is 3.13. The number of rotatable bonds is 7. The van der Waals surface area contributed by atoms with Crippen molar-refractivity contribution >= 4 is 33.4 Å². The third-order valence-corrected chi connectivity index (χ3v) is 3.67. The van der Waals surface area contributed by atoms with E-state index in [9.17, 15) is 0 Å². The first-order chi connectivity index (χ1) is 10.2. The molecule has 1 heterocycles. The minimum absolute atomic E-state index is 0.461.